The molecule has 0 N–H and O–H groups in total. The molecule has 2 aromatic carbocycles. The highest BCUT2D eigenvalue weighted by atomic mass is 35.5. The standard InChI is InChI=1S/C26H22ClF2NO3/c1-2-32-26(31)24-8-4-7-23(30-24)19-6-3-5-18(19)20-14-17(27)10-12-25(20)33-15-16-9-11-21(28)22(29)13-16/h4,7-14H,2-3,5-6,15H2,1H3. The van der Waals surface area contributed by atoms with Crippen LogP contribution < -0.4 is 4.74 Å². The average Bonchev–Trinajstić information content (AvgIpc) is 3.30. The third kappa shape index (κ3) is 5.22. The number of carbonyl (C=O) groups excluding carboxylic acids is 1. The van der Waals surface area contributed by atoms with Crippen molar-refractivity contribution >= 4 is 28.7 Å². The minimum absolute atomic E-state index is 0.0744. The molecule has 0 fully saturated rings. The van der Waals surface area contributed by atoms with Gasteiger partial charge in [0.15, 0.2) is 11.6 Å². The molecule has 1 aliphatic carbocycles. The highest BCUT2D eigenvalue weighted by molar-refractivity contribution is 6.30. The van der Waals surface area contributed by atoms with Crippen LogP contribution in [-0.2, 0) is 11.3 Å². The Morgan fingerprint density at radius 3 is 2.64 bits per heavy atom. The molecule has 3 aromatic rings. The van der Waals surface area contributed by atoms with Crippen molar-refractivity contribution in [3.63, 3.8) is 0 Å². The second-order valence-corrected chi connectivity index (χ2v) is 8.05. The zero-order chi connectivity index (χ0) is 23.4. The van der Waals surface area contributed by atoms with E-state index < -0.39 is 17.6 Å². The number of aromatic nitrogens is 1. The lowest BCUT2D eigenvalue weighted by atomic mass is 9.99. The van der Waals surface area contributed by atoms with Gasteiger partial charge in [0.1, 0.15) is 18.1 Å². The molecule has 0 spiro atoms. The molecule has 0 amide bonds. The van der Waals surface area contributed by atoms with Gasteiger partial charge in [-0.1, -0.05) is 23.7 Å². The van der Waals surface area contributed by atoms with Crippen LogP contribution in [0.3, 0.4) is 0 Å². The molecule has 1 heterocycles. The van der Waals surface area contributed by atoms with Crippen LogP contribution in [0.2, 0.25) is 5.02 Å². The molecule has 0 saturated carbocycles. The summed E-state index contributed by atoms with van der Waals surface area (Å²) < 4.78 is 37.9. The molecule has 170 valence electrons. The Kier molecular flexibility index (Phi) is 7.04. The summed E-state index contributed by atoms with van der Waals surface area (Å²) in [4.78, 5) is 16.7. The molecule has 4 rings (SSSR count). The van der Waals surface area contributed by atoms with E-state index in [1.807, 2.05) is 12.1 Å². The molecule has 0 radical (unpaired) electrons. The topological polar surface area (TPSA) is 48.4 Å². The number of halogens is 3. The van der Waals surface area contributed by atoms with Gasteiger partial charge in [-0.15, -0.1) is 0 Å². The van der Waals surface area contributed by atoms with E-state index >= 15 is 0 Å². The van der Waals surface area contributed by atoms with Gasteiger partial charge in [-0.25, -0.2) is 18.6 Å². The van der Waals surface area contributed by atoms with Crippen molar-refractivity contribution in [2.75, 3.05) is 6.61 Å². The monoisotopic (exact) mass is 469 g/mol. The fraction of sp³-hybridized carbons (Fsp3) is 0.231. The fourth-order valence-corrected chi connectivity index (χ4v) is 4.07. The van der Waals surface area contributed by atoms with Crippen LogP contribution in [0.25, 0.3) is 11.1 Å². The smallest absolute Gasteiger partial charge is 0.356 e. The number of pyridine rings is 1. The van der Waals surface area contributed by atoms with E-state index in [-0.39, 0.29) is 18.9 Å². The van der Waals surface area contributed by atoms with E-state index in [0.29, 0.717) is 22.0 Å². The average molecular weight is 470 g/mol. The highest BCUT2D eigenvalue weighted by Gasteiger charge is 2.23. The van der Waals surface area contributed by atoms with Crippen LogP contribution in [0, 0.1) is 11.6 Å². The van der Waals surface area contributed by atoms with E-state index in [1.165, 1.54) is 6.07 Å². The molecule has 0 unspecified atom stereocenters. The molecule has 7 heteroatoms. The van der Waals surface area contributed by atoms with E-state index in [9.17, 15) is 13.6 Å². The summed E-state index contributed by atoms with van der Waals surface area (Å²) in [5.41, 5.74) is 4.35. The highest BCUT2D eigenvalue weighted by Crippen LogP contribution is 2.43. The maximum atomic E-state index is 13.6. The molecule has 4 nitrogen and oxygen atoms in total. The third-order valence-electron chi connectivity index (χ3n) is 5.41. The van der Waals surface area contributed by atoms with Gasteiger partial charge < -0.3 is 9.47 Å². The molecule has 0 atom stereocenters. The molecule has 1 aromatic heterocycles. The number of hydrogen-bond acceptors (Lipinski definition) is 4. The lowest BCUT2D eigenvalue weighted by molar-refractivity contribution is 0.0519. The Balaban J connectivity index is 1.68. The number of esters is 1. The van der Waals surface area contributed by atoms with E-state index in [0.717, 1.165) is 48.1 Å². The van der Waals surface area contributed by atoms with Gasteiger partial charge >= 0.3 is 5.97 Å². The fourth-order valence-electron chi connectivity index (χ4n) is 3.90. The second kappa shape index (κ2) is 10.1. The summed E-state index contributed by atoms with van der Waals surface area (Å²) in [6, 6.07) is 14.3. The minimum Gasteiger partial charge on any atom is -0.488 e. The van der Waals surface area contributed by atoms with Crippen LogP contribution in [0.15, 0.2) is 54.6 Å². The quantitative estimate of drug-likeness (QED) is 0.354. The lowest BCUT2D eigenvalue weighted by Crippen LogP contribution is -2.08. The maximum Gasteiger partial charge on any atom is 0.356 e. The van der Waals surface area contributed by atoms with E-state index in [4.69, 9.17) is 21.1 Å². The van der Waals surface area contributed by atoms with Crippen LogP contribution in [-0.4, -0.2) is 17.6 Å². The van der Waals surface area contributed by atoms with Crippen molar-refractivity contribution in [3.8, 4) is 5.75 Å². The van der Waals surface area contributed by atoms with Crippen LogP contribution in [0.5, 0.6) is 5.75 Å². The van der Waals surface area contributed by atoms with Gasteiger partial charge in [-0.3, -0.25) is 0 Å². The molecule has 0 saturated heterocycles. The largest absolute Gasteiger partial charge is 0.488 e. The summed E-state index contributed by atoms with van der Waals surface area (Å²) >= 11 is 6.30. The van der Waals surface area contributed by atoms with Crippen molar-refractivity contribution in [1.29, 1.82) is 0 Å². The first-order valence-electron chi connectivity index (χ1n) is 10.7. The summed E-state index contributed by atoms with van der Waals surface area (Å²) in [7, 11) is 0. The van der Waals surface area contributed by atoms with Crippen molar-refractivity contribution < 1.29 is 23.0 Å². The summed E-state index contributed by atoms with van der Waals surface area (Å²) in [6.07, 6.45) is 2.51. The van der Waals surface area contributed by atoms with Gasteiger partial charge in [0.05, 0.1) is 12.3 Å². The number of benzene rings is 2. The van der Waals surface area contributed by atoms with Crippen molar-refractivity contribution in [1.82, 2.24) is 4.98 Å². The van der Waals surface area contributed by atoms with E-state index in [1.54, 1.807) is 31.2 Å². The van der Waals surface area contributed by atoms with Crippen LogP contribution in [0.1, 0.15) is 53.5 Å². The minimum atomic E-state index is -0.916. The SMILES string of the molecule is CCOC(=O)c1cccc(C2=C(c3cc(Cl)ccc3OCc3ccc(F)c(F)c3)CCC2)n1. The lowest BCUT2D eigenvalue weighted by Gasteiger charge is -2.15. The second-order valence-electron chi connectivity index (χ2n) is 7.62. The molecule has 0 aliphatic heterocycles. The van der Waals surface area contributed by atoms with Gasteiger partial charge in [-0.2, -0.15) is 0 Å². The predicted octanol–water partition coefficient (Wildman–Crippen LogP) is 6.86. The van der Waals surface area contributed by atoms with Crippen LogP contribution in [0.4, 0.5) is 8.78 Å². The van der Waals surface area contributed by atoms with Crippen molar-refractivity contribution in [3.05, 3.63) is 93.8 Å². The maximum absolute atomic E-state index is 13.6. The summed E-state index contributed by atoms with van der Waals surface area (Å²) in [5.74, 6) is -1.69. The van der Waals surface area contributed by atoms with Crippen molar-refractivity contribution in [2.24, 2.45) is 0 Å². The zero-order valence-electron chi connectivity index (χ0n) is 18.0. The zero-order valence-corrected chi connectivity index (χ0v) is 18.8. The number of carbonyl (C=O) groups is 1. The Bertz CT molecular complexity index is 1230. The summed E-state index contributed by atoms with van der Waals surface area (Å²) in [6.45, 7) is 2.10. The number of nitrogens with zero attached hydrogens (tertiary/aromatic N) is 1. The van der Waals surface area contributed by atoms with Gasteiger partial charge in [0.25, 0.3) is 0 Å². The summed E-state index contributed by atoms with van der Waals surface area (Å²) in [5, 5.41) is 0.553. The normalized spacial score (nSPS) is 13.3. The Labute approximate surface area is 195 Å². The molecule has 1 aliphatic rings. The Hall–Kier alpha value is -3.25. The van der Waals surface area contributed by atoms with Gasteiger partial charge in [-0.05, 0) is 85.4 Å². The van der Waals surface area contributed by atoms with Crippen molar-refractivity contribution in [2.45, 2.75) is 32.8 Å². The number of allylic oxidation sites excluding steroid dienone is 2. The van der Waals surface area contributed by atoms with Gasteiger partial charge in [0, 0.05) is 10.6 Å². The molecular weight excluding hydrogens is 448 g/mol. The number of ether oxygens (including phenoxy) is 2. The molecular formula is C26H22ClF2NO3. The first-order chi connectivity index (χ1) is 16.0. The molecule has 33 heavy (non-hydrogen) atoms. The number of rotatable bonds is 7. The first kappa shape index (κ1) is 22.9. The Morgan fingerprint density at radius 1 is 1.03 bits per heavy atom. The third-order valence-corrected chi connectivity index (χ3v) is 5.64. The van der Waals surface area contributed by atoms with E-state index in [2.05, 4.69) is 4.98 Å². The Morgan fingerprint density at radius 2 is 1.85 bits per heavy atom. The number of hydrogen-bond donors (Lipinski definition) is 0. The molecule has 0 bridgehead atoms. The predicted molar refractivity (Wildman–Crippen MR) is 123 cm³/mol. The van der Waals surface area contributed by atoms with Crippen LogP contribution >= 0.6 is 11.6 Å². The van der Waals surface area contributed by atoms with Gasteiger partial charge in [0.2, 0.25) is 0 Å². The first-order valence-corrected chi connectivity index (χ1v) is 11.1.